The second kappa shape index (κ2) is 4.90. The fraction of sp³-hybridized carbons (Fsp3) is 0.600. The highest BCUT2D eigenvalue weighted by Crippen LogP contribution is 2.15. The Kier molecular flexibility index (Phi) is 3.52. The Morgan fingerprint density at radius 1 is 1.50 bits per heavy atom. The van der Waals surface area contributed by atoms with Gasteiger partial charge in [-0.15, -0.1) is 0 Å². The molecule has 0 amide bonds. The highest BCUT2D eigenvalue weighted by molar-refractivity contribution is 7.17. The van der Waals surface area contributed by atoms with E-state index in [2.05, 4.69) is 21.8 Å². The van der Waals surface area contributed by atoms with E-state index in [-0.39, 0.29) is 5.78 Å². The van der Waals surface area contributed by atoms with Crippen molar-refractivity contribution in [2.75, 3.05) is 45.5 Å². The Hall–Kier alpha value is -0.980. The minimum absolute atomic E-state index is 0.124. The summed E-state index contributed by atoms with van der Waals surface area (Å²) >= 11 is 1.27. The molecule has 16 heavy (non-hydrogen) atoms. The van der Waals surface area contributed by atoms with Gasteiger partial charge in [0.15, 0.2) is 10.9 Å². The number of nitrogens with zero attached hydrogens (tertiary/aromatic N) is 3. The van der Waals surface area contributed by atoms with E-state index in [0.29, 0.717) is 16.6 Å². The average molecular weight is 240 g/mol. The van der Waals surface area contributed by atoms with E-state index in [1.165, 1.54) is 11.3 Å². The van der Waals surface area contributed by atoms with Gasteiger partial charge in [0.25, 0.3) is 0 Å². The van der Waals surface area contributed by atoms with Gasteiger partial charge in [-0.3, -0.25) is 9.69 Å². The van der Waals surface area contributed by atoms with Crippen molar-refractivity contribution in [3.05, 3.63) is 11.1 Å². The van der Waals surface area contributed by atoms with Crippen LogP contribution in [0.15, 0.2) is 6.20 Å². The quantitative estimate of drug-likeness (QED) is 0.762. The van der Waals surface area contributed by atoms with Crippen molar-refractivity contribution in [1.29, 1.82) is 0 Å². The normalized spacial score (nSPS) is 18.8. The first-order chi connectivity index (χ1) is 7.65. The van der Waals surface area contributed by atoms with E-state index in [1.807, 2.05) is 0 Å². The molecular weight excluding hydrogens is 224 g/mol. The van der Waals surface area contributed by atoms with Gasteiger partial charge in [0.1, 0.15) is 0 Å². The van der Waals surface area contributed by atoms with Gasteiger partial charge in [0.05, 0.1) is 17.6 Å². The molecule has 0 aliphatic carbocycles. The van der Waals surface area contributed by atoms with Gasteiger partial charge >= 0.3 is 0 Å². The number of ketones is 1. The van der Waals surface area contributed by atoms with Gasteiger partial charge in [0.2, 0.25) is 0 Å². The number of anilines is 1. The third kappa shape index (κ3) is 2.78. The molecule has 1 saturated heterocycles. The molecular formula is C10H16N4OS. The molecule has 88 valence electrons. The monoisotopic (exact) mass is 240 g/mol. The second-order valence-electron chi connectivity index (χ2n) is 4.07. The van der Waals surface area contributed by atoms with Crippen LogP contribution in [0.25, 0.3) is 0 Å². The lowest BCUT2D eigenvalue weighted by Gasteiger charge is -2.31. The highest BCUT2D eigenvalue weighted by atomic mass is 32.1. The fourth-order valence-electron chi connectivity index (χ4n) is 1.70. The van der Waals surface area contributed by atoms with Crippen molar-refractivity contribution in [3.63, 3.8) is 0 Å². The second-order valence-corrected chi connectivity index (χ2v) is 5.13. The SMILES string of the molecule is CN1CCN(CC(=O)c2cnc(N)s2)CC1. The maximum Gasteiger partial charge on any atom is 0.188 e. The van der Waals surface area contributed by atoms with E-state index in [4.69, 9.17) is 5.73 Å². The summed E-state index contributed by atoms with van der Waals surface area (Å²) < 4.78 is 0. The molecule has 0 saturated carbocycles. The first-order valence-corrected chi connectivity index (χ1v) is 6.12. The first kappa shape index (κ1) is 11.5. The van der Waals surface area contributed by atoms with Gasteiger partial charge in [0, 0.05) is 26.2 Å². The Morgan fingerprint density at radius 2 is 2.19 bits per heavy atom. The number of carbonyl (C=O) groups is 1. The molecule has 5 nitrogen and oxygen atoms in total. The Morgan fingerprint density at radius 3 is 2.75 bits per heavy atom. The third-order valence-electron chi connectivity index (χ3n) is 2.76. The summed E-state index contributed by atoms with van der Waals surface area (Å²) in [5.41, 5.74) is 5.50. The number of hydrogen-bond donors (Lipinski definition) is 1. The standard InChI is InChI=1S/C10H16N4OS/c1-13-2-4-14(5-3-13)7-8(15)9-6-12-10(11)16-9/h6H,2-5,7H2,1H3,(H2,11,12). The summed E-state index contributed by atoms with van der Waals surface area (Å²) in [4.78, 5) is 20.9. The third-order valence-corrected chi connectivity index (χ3v) is 3.63. The van der Waals surface area contributed by atoms with Crippen LogP contribution in [0.2, 0.25) is 0 Å². The van der Waals surface area contributed by atoms with E-state index >= 15 is 0 Å². The van der Waals surface area contributed by atoms with E-state index < -0.39 is 0 Å². The molecule has 1 aliphatic heterocycles. The zero-order valence-electron chi connectivity index (χ0n) is 9.35. The number of Topliss-reactive ketones (excluding diaryl/α,β-unsaturated/α-hetero) is 1. The van der Waals surface area contributed by atoms with Crippen molar-refractivity contribution in [3.8, 4) is 0 Å². The smallest absolute Gasteiger partial charge is 0.188 e. The molecule has 0 spiro atoms. The van der Waals surface area contributed by atoms with Crippen LogP contribution >= 0.6 is 11.3 Å². The number of hydrogen-bond acceptors (Lipinski definition) is 6. The van der Waals surface area contributed by atoms with Crippen LogP contribution in [-0.4, -0.2) is 60.3 Å². The lowest BCUT2D eigenvalue weighted by Crippen LogP contribution is -2.46. The number of likely N-dealkylation sites (N-methyl/N-ethyl adjacent to an activating group) is 1. The molecule has 1 aromatic heterocycles. The van der Waals surface area contributed by atoms with Gasteiger partial charge in [-0.25, -0.2) is 4.98 Å². The van der Waals surface area contributed by atoms with Crippen LogP contribution < -0.4 is 5.73 Å². The van der Waals surface area contributed by atoms with Crippen LogP contribution in [0.4, 0.5) is 5.13 Å². The fourth-order valence-corrected chi connectivity index (χ4v) is 2.32. The minimum atomic E-state index is 0.124. The molecule has 0 bridgehead atoms. The van der Waals surface area contributed by atoms with E-state index in [9.17, 15) is 4.79 Å². The van der Waals surface area contributed by atoms with Crippen molar-refractivity contribution >= 4 is 22.3 Å². The Bertz CT molecular complexity index is 371. The molecule has 0 atom stereocenters. The molecule has 0 radical (unpaired) electrons. The van der Waals surface area contributed by atoms with Crippen molar-refractivity contribution < 1.29 is 4.79 Å². The number of aromatic nitrogens is 1. The lowest BCUT2D eigenvalue weighted by atomic mass is 10.2. The molecule has 0 aromatic carbocycles. The molecule has 1 aliphatic rings. The summed E-state index contributed by atoms with van der Waals surface area (Å²) in [6, 6.07) is 0. The van der Waals surface area contributed by atoms with E-state index in [1.54, 1.807) is 6.20 Å². The summed E-state index contributed by atoms with van der Waals surface area (Å²) in [5, 5.41) is 0.460. The topological polar surface area (TPSA) is 62.5 Å². The predicted octanol–water partition coefficient (Wildman–Crippen LogP) is 0.155. The zero-order valence-corrected chi connectivity index (χ0v) is 10.2. The summed E-state index contributed by atoms with van der Waals surface area (Å²) in [7, 11) is 2.10. The van der Waals surface area contributed by atoms with Crippen LogP contribution in [0.3, 0.4) is 0 Å². The van der Waals surface area contributed by atoms with Crippen LogP contribution in [0, 0.1) is 0 Å². The lowest BCUT2D eigenvalue weighted by molar-refractivity contribution is 0.0880. The number of thiazole rings is 1. The zero-order chi connectivity index (χ0) is 11.5. The number of nitrogen functional groups attached to an aromatic ring is 1. The molecule has 1 aromatic rings. The molecule has 1 fully saturated rings. The van der Waals surface area contributed by atoms with Crippen LogP contribution in [0.5, 0.6) is 0 Å². The van der Waals surface area contributed by atoms with Crippen LogP contribution in [-0.2, 0) is 0 Å². The molecule has 0 unspecified atom stereocenters. The first-order valence-electron chi connectivity index (χ1n) is 5.30. The maximum absolute atomic E-state index is 11.9. The number of nitrogens with two attached hydrogens (primary N) is 1. The number of piperazine rings is 1. The Labute approximate surface area is 98.9 Å². The van der Waals surface area contributed by atoms with Gasteiger partial charge in [-0.2, -0.15) is 0 Å². The van der Waals surface area contributed by atoms with Crippen molar-refractivity contribution in [1.82, 2.24) is 14.8 Å². The van der Waals surface area contributed by atoms with Crippen molar-refractivity contribution in [2.24, 2.45) is 0 Å². The van der Waals surface area contributed by atoms with Crippen molar-refractivity contribution in [2.45, 2.75) is 0 Å². The summed E-state index contributed by atoms with van der Waals surface area (Å²) in [6.45, 7) is 4.44. The van der Waals surface area contributed by atoms with Crippen LogP contribution in [0.1, 0.15) is 9.67 Å². The Balaban J connectivity index is 1.88. The van der Waals surface area contributed by atoms with Gasteiger partial charge in [-0.05, 0) is 7.05 Å². The molecule has 2 N–H and O–H groups in total. The number of carbonyl (C=O) groups excluding carboxylic acids is 1. The number of rotatable bonds is 3. The molecule has 2 rings (SSSR count). The predicted molar refractivity (Wildman–Crippen MR) is 64.8 cm³/mol. The minimum Gasteiger partial charge on any atom is -0.375 e. The largest absolute Gasteiger partial charge is 0.375 e. The summed E-state index contributed by atoms with van der Waals surface area (Å²) in [5.74, 6) is 0.124. The molecule has 2 heterocycles. The summed E-state index contributed by atoms with van der Waals surface area (Å²) in [6.07, 6.45) is 1.57. The van der Waals surface area contributed by atoms with E-state index in [0.717, 1.165) is 26.2 Å². The van der Waals surface area contributed by atoms with Gasteiger partial charge < -0.3 is 10.6 Å². The molecule has 6 heteroatoms. The maximum atomic E-state index is 11.9. The average Bonchev–Trinajstić information content (AvgIpc) is 2.68. The van der Waals surface area contributed by atoms with Gasteiger partial charge in [-0.1, -0.05) is 11.3 Å². The highest BCUT2D eigenvalue weighted by Gasteiger charge is 2.18.